The minimum Gasteiger partial charge on any atom is -0.450 e. The minimum absolute atomic E-state index is 0.0867. The standard InChI is InChI=1S/C8H8O3S/c9-8(10)11-5-6-1-3-7(12)4-2-6/h1-4,12H,5H2,(H,9,10). The number of carboxylic acid groups (broad SMARTS) is 1. The third kappa shape index (κ3) is 2.84. The van der Waals surface area contributed by atoms with E-state index in [2.05, 4.69) is 17.4 Å². The summed E-state index contributed by atoms with van der Waals surface area (Å²) in [6.07, 6.45) is -1.26. The van der Waals surface area contributed by atoms with Gasteiger partial charge in [0.1, 0.15) is 6.61 Å². The fourth-order valence-electron chi connectivity index (χ4n) is 0.737. The molecule has 12 heavy (non-hydrogen) atoms. The summed E-state index contributed by atoms with van der Waals surface area (Å²) in [6, 6.07) is 7.10. The first kappa shape index (κ1) is 8.93. The molecule has 0 aliphatic rings. The maximum atomic E-state index is 10.0. The Labute approximate surface area is 75.4 Å². The van der Waals surface area contributed by atoms with E-state index in [4.69, 9.17) is 5.11 Å². The zero-order valence-electron chi connectivity index (χ0n) is 6.23. The van der Waals surface area contributed by atoms with Gasteiger partial charge in [-0.2, -0.15) is 0 Å². The molecule has 0 fully saturated rings. The van der Waals surface area contributed by atoms with Crippen molar-refractivity contribution in [2.75, 3.05) is 0 Å². The molecule has 3 nitrogen and oxygen atoms in total. The van der Waals surface area contributed by atoms with Crippen LogP contribution in [0.2, 0.25) is 0 Å². The average molecular weight is 184 g/mol. The Morgan fingerprint density at radius 1 is 1.42 bits per heavy atom. The van der Waals surface area contributed by atoms with E-state index in [0.29, 0.717) is 0 Å². The predicted molar refractivity (Wildman–Crippen MR) is 46.5 cm³/mol. The van der Waals surface area contributed by atoms with Gasteiger partial charge in [-0.3, -0.25) is 0 Å². The van der Waals surface area contributed by atoms with Gasteiger partial charge in [0.15, 0.2) is 0 Å². The van der Waals surface area contributed by atoms with E-state index >= 15 is 0 Å². The summed E-state index contributed by atoms with van der Waals surface area (Å²) in [5.41, 5.74) is 0.815. The van der Waals surface area contributed by atoms with Crippen LogP contribution < -0.4 is 0 Å². The van der Waals surface area contributed by atoms with Crippen LogP contribution in [0.1, 0.15) is 5.56 Å². The van der Waals surface area contributed by atoms with E-state index in [0.717, 1.165) is 10.5 Å². The minimum atomic E-state index is -1.26. The van der Waals surface area contributed by atoms with E-state index in [1.54, 1.807) is 24.3 Å². The Morgan fingerprint density at radius 3 is 2.50 bits per heavy atom. The van der Waals surface area contributed by atoms with Gasteiger partial charge in [-0.15, -0.1) is 12.6 Å². The second kappa shape index (κ2) is 4.01. The molecule has 0 spiro atoms. The van der Waals surface area contributed by atoms with Gasteiger partial charge in [0.05, 0.1) is 0 Å². The number of thiol groups is 1. The van der Waals surface area contributed by atoms with Crippen LogP contribution in [0.15, 0.2) is 29.2 Å². The lowest BCUT2D eigenvalue weighted by Gasteiger charge is -2.00. The fourth-order valence-corrected chi connectivity index (χ4v) is 0.886. The van der Waals surface area contributed by atoms with Crippen molar-refractivity contribution < 1.29 is 14.6 Å². The van der Waals surface area contributed by atoms with Gasteiger partial charge in [-0.05, 0) is 17.7 Å². The van der Waals surface area contributed by atoms with Crippen molar-refractivity contribution >= 4 is 18.8 Å². The van der Waals surface area contributed by atoms with Crippen LogP contribution in [0.25, 0.3) is 0 Å². The van der Waals surface area contributed by atoms with Crippen LogP contribution in [0.5, 0.6) is 0 Å². The average Bonchev–Trinajstić information content (AvgIpc) is 2.03. The fraction of sp³-hybridized carbons (Fsp3) is 0.125. The quantitative estimate of drug-likeness (QED) is 0.547. The Hall–Kier alpha value is -1.16. The van der Waals surface area contributed by atoms with Crippen molar-refractivity contribution in [2.45, 2.75) is 11.5 Å². The van der Waals surface area contributed by atoms with Gasteiger partial charge >= 0.3 is 6.16 Å². The largest absolute Gasteiger partial charge is 0.506 e. The van der Waals surface area contributed by atoms with Gasteiger partial charge in [0, 0.05) is 4.90 Å². The third-order valence-electron chi connectivity index (χ3n) is 1.30. The summed E-state index contributed by atoms with van der Waals surface area (Å²) in [5.74, 6) is 0. The molecule has 1 N–H and O–H groups in total. The Morgan fingerprint density at radius 2 is 2.00 bits per heavy atom. The topological polar surface area (TPSA) is 46.5 Å². The number of benzene rings is 1. The van der Waals surface area contributed by atoms with Crippen LogP contribution in [0.4, 0.5) is 4.79 Å². The van der Waals surface area contributed by atoms with Crippen molar-refractivity contribution in [3.8, 4) is 0 Å². The lowest BCUT2D eigenvalue weighted by Crippen LogP contribution is -1.99. The first-order valence-electron chi connectivity index (χ1n) is 3.32. The van der Waals surface area contributed by atoms with Gasteiger partial charge in [0.25, 0.3) is 0 Å². The lowest BCUT2D eigenvalue weighted by atomic mass is 10.2. The molecule has 1 aromatic rings. The number of ether oxygens (including phenoxy) is 1. The normalized spacial score (nSPS) is 9.42. The summed E-state index contributed by atoms with van der Waals surface area (Å²) >= 11 is 4.08. The lowest BCUT2D eigenvalue weighted by molar-refractivity contribution is 0.0854. The summed E-state index contributed by atoms with van der Waals surface area (Å²) in [7, 11) is 0. The van der Waals surface area contributed by atoms with Gasteiger partial charge in [-0.1, -0.05) is 12.1 Å². The highest BCUT2D eigenvalue weighted by Gasteiger charge is 1.97. The molecule has 0 saturated heterocycles. The molecule has 0 amide bonds. The monoisotopic (exact) mass is 184 g/mol. The molecule has 1 aromatic carbocycles. The van der Waals surface area contributed by atoms with Crippen molar-refractivity contribution in [2.24, 2.45) is 0 Å². The van der Waals surface area contributed by atoms with E-state index in [1.165, 1.54) is 0 Å². The molecule has 0 radical (unpaired) electrons. The van der Waals surface area contributed by atoms with E-state index in [9.17, 15) is 4.79 Å². The Bertz CT molecular complexity index is 268. The first-order chi connectivity index (χ1) is 5.68. The molecule has 0 aromatic heterocycles. The zero-order valence-corrected chi connectivity index (χ0v) is 7.12. The van der Waals surface area contributed by atoms with Crippen LogP contribution in [-0.4, -0.2) is 11.3 Å². The van der Waals surface area contributed by atoms with Crippen LogP contribution >= 0.6 is 12.6 Å². The maximum absolute atomic E-state index is 10.0. The van der Waals surface area contributed by atoms with Crippen LogP contribution in [0, 0.1) is 0 Å². The summed E-state index contributed by atoms with van der Waals surface area (Å²) in [4.78, 5) is 10.8. The van der Waals surface area contributed by atoms with E-state index in [-0.39, 0.29) is 6.61 Å². The molecule has 0 unspecified atom stereocenters. The molecule has 0 heterocycles. The first-order valence-corrected chi connectivity index (χ1v) is 3.77. The third-order valence-corrected chi connectivity index (χ3v) is 1.60. The molecule has 1 rings (SSSR count). The summed E-state index contributed by atoms with van der Waals surface area (Å²) in [5, 5.41) is 8.19. The predicted octanol–water partition coefficient (Wildman–Crippen LogP) is 2.17. The summed E-state index contributed by atoms with van der Waals surface area (Å²) < 4.78 is 4.36. The number of hydrogen-bond acceptors (Lipinski definition) is 3. The van der Waals surface area contributed by atoms with Gasteiger partial charge < -0.3 is 9.84 Å². The number of hydrogen-bond donors (Lipinski definition) is 2. The molecule has 0 aliphatic heterocycles. The van der Waals surface area contributed by atoms with Crippen molar-refractivity contribution in [1.29, 1.82) is 0 Å². The van der Waals surface area contributed by atoms with Gasteiger partial charge in [-0.25, -0.2) is 4.79 Å². The van der Waals surface area contributed by atoms with Crippen molar-refractivity contribution in [3.63, 3.8) is 0 Å². The van der Waals surface area contributed by atoms with Gasteiger partial charge in [0.2, 0.25) is 0 Å². The molecule has 0 aliphatic carbocycles. The van der Waals surface area contributed by atoms with Crippen molar-refractivity contribution in [1.82, 2.24) is 0 Å². The highest BCUT2D eigenvalue weighted by molar-refractivity contribution is 7.80. The maximum Gasteiger partial charge on any atom is 0.506 e. The molecular weight excluding hydrogens is 176 g/mol. The molecular formula is C8H8O3S. The molecule has 0 atom stereocenters. The van der Waals surface area contributed by atoms with E-state index in [1.807, 2.05) is 0 Å². The zero-order chi connectivity index (χ0) is 8.97. The highest BCUT2D eigenvalue weighted by Crippen LogP contribution is 2.08. The smallest absolute Gasteiger partial charge is 0.450 e. The molecule has 4 heteroatoms. The summed E-state index contributed by atoms with van der Waals surface area (Å²) in [6.45, 7) is 0.0867. The molecule has 0 saturated carbocycles. The Balaban J connectivity index is 2.53. The second-order valence-electron chi connectivity index (χ2n) is 2.22. The van der Waals surface area contributed by atoms with Crippen molar-refractivity contribution in [3.05, 3.63) is 29.8 Å². The SMILES string of the molecule is O=C(O)OCc1ccc(S)cc1. The molecule has 64 valence electrons. The number of carbonyl (C=O) groups is 1. The van der Waals surface area contributed by atoms with Crippen LogP contribution in [-0.2, 0) is 11.3 Å². The molecule has 0 bridgehead atoms. The van der Waals surface area contributed by atoms with E-state index < -0.39 is 6.16 Å². The van der Waals surface area contributed by atoms with Crippen LogP contribution in [0.3, 0.4) is 0 Å². The number of rotatable bonds is 2. The highest BCUT2D eigenvalue weighted by atomic mass is 32.1. The second-order valence-corrected chi connectivity index (χ2v) is 2.74. The Kier molecular flexibility index (Phi) is 2.99.